The van der Waals surface area contributed by atoms with Crippen molar-refractivity contribution in [2.45, 2.75) is 6.42 Å². The average Bonchev–Trinajstić information content (AvgIpc) is 2.92. The first-order chi connectivity index (χ1) is 11.0. The Morgan fingerprint density at radius 2 is 2.09 bits per heavy atom. The number of nitrogens with zero attached hydrogens (tertiary/aromatic N) is 4. The van der Waals surface area contributed by atoms with E-state index in [-0.39, 0.29) is 48.3 Å². The number of anilines is 1. The van der Waals surface area contributed by atoms with Crippen molar-refractivity contribution >= 4 is 17.6 Å². The number of ether oxygens (including phenoxy) is 2. The minimum atomic E-state index is -1.17. The first-order valence-electron chi connectivity index (χ1n) is 6.82. The van der Waals surface area contributed by atoms with Gasteiger partial charge < -0.3 is 19.5 Å². The van der Waals surface area contributed by atoms with Crippen molar-refractivity contribution < 1.29 is 24.2 Å². The molecule has 1 aliphatic heterocycles. The standard InChI is InChI=1S/C14H16N4O5/c1-22-11-4-9(14(20)21)10(5-12(11)23-2)18-7-8(3-13(18)19)6-16-17-15/h4-5,8H,3,6-7H2,1-2H3,(H,20,21). The zero-order chi connectivity index (χ0) is 17.0. The molecular weight excluding hydrogens is 304 g/mol. The van der Waals surface area contributed by atoms with Crippen LogP contribution in [0.25, 0.3) is 10.4 Å². The number of hydrogen-bond donors (Lipinski definition) is 1. The fourth-order valence-electron chi connectivity index (χ4n) is 2.55. The van der Waals surface area contributed by atoms with Crippen LogP contribution in [-0.4, -0.2) is 44.3 Å². The lowest BCUT2D eigenvalue weighted by Crippen LogP contribution is -2.27. The summed E-state index contributed by atoms with van der Waals surface area (Å²) in [6, 6.07) is 2.79. The van der Waals surface area contributed by atoms with E-state index in [1.165, 1.54) is 31.3 Å². The first-order valence-corrected chi connectivity index (χ1v) is 6.82. The molecule has 1 unspecified atom stereocenters. The number of azide groups is 1. The molecule has 0 bridgehead atoms. The van der Waals surface area contributed by atoms with Crippen molar-refractivity contribution in [1.29, 1.82) is 0 Å². The van der Waals surface area contributed by atoms with Gasteiger partial charge in [-0.1, -0.05) is 5.11 Å². The molecule has 0 aromatic heterocycles. The summed E-state index contributed by atoms with van der Waals surface area (Å²) >= 11 is 0. The third kappa shape index (κ3) is 3.29. The van der Waals surface area contributed by atoms with Crippen LogP contribution in [0.3, 0.4) is 0 Å². The highest BCUT2D eigenvalue weighted by Crippen LogP contribution is 2.37. The van der Waals surface area contributed by atoms with Crippen LogP contribution in [0.15, 0.2) is 17.2 Å². The lowest BCUT2D eigenvalue weighted by atomic mass is 10.1. The van der Waals surface area contributed by atoms with E-state index in [9.17, 15) is 14.7 Å². The fraction of sp³-hybridized carbons (Fsp3) is 0.429. The van der Waals surface area contributed by atoms with Crippen molar-refractivity contribution in [2.24, 2.45) is 11.0 Å². The minimum Gasteiger partial charge on any atom is -0.493 e. The van der Waals surface area contributed by atoms with Crippen LogP contribution in [0.4, 0.5) is 5.69 Å². The van der Waals surface area contributed by atoms with Crippen LogP contribution in [0.1, 0.15) is 16.8 Å². The molecule has 1 heterocycles. The predicted octanol–water partition coefficient (Wildman–Crippen LogP) is 2.07. The molecule has 9 nitrogen and oxygen atoms in total. The Balaban J connectivity index is 2.43. The van der Waals surface area contributed by atoms with Crippen LogP contribution in [0.5, 0.6) is 11.5 Å². The van der Waals surface area contributed by atoms with Gasteiger partial charge in [0.25, 0.3) is 0 Å². The Kier molecular flexibility index (Phi) is 4.92. The van der Waals surface area contributed by atoms with Crippen LogP contribution >= 0.6 is 0 Å². The van der Waals surface area contributed by atoms with Crippen LogP contribution < -0.4 is 14.4 Å². The summed E-state index contributed by atoms with van der Waals surface area (Å²) in [6.45, 7) is 0.474. The molecule has 23 heavy (non-hydrogen) atoms. The van der Waals surface area contributed by atoms with Crippen LogP contribution in [0, 0.1) is 5.92 Å². The predicted molar refractivity (Wildman–Crippen MR) is 81.0 cm³/mol. The molecule has 1 saturated heterocycles. The van der Waals surface area contributed by atoms with Crippen molar-refractivity contribution in [3.63, 3.8) is 0 Å². The molecule has 1 aromatic rings. The second-order valence-corrected chi connectivity index (χ2v) is 5.02. The first kappa shape index (κ1) is 16.4. The highest BCUT2D eigenvalue weighted by molar-refractivity contribution is 6.04. The molecule has 9 heteroatoms. The Bertz CT molecular complexity index is 684. The topological polar surface area (TPSA) is 125 Å². The number of carbonyl (C=O) groups is 2. The van der Waals surface area contributed by atoms with Gasteiger partial charge in [-0.05, 0) is 11.4 Å². The van der Waals surface area contributed by atoms with Crippen LogP contribution in [0.2, 0.25) is 0 Å². The molecular formula is C14H16N4O5. The maximum Gasteiger partial charge on any atom is 0.337 e. The van der Waals surface area contributed by atoms with Gasteiger partial charge in [0.05, 0.1) is 25.5 Å². The van der Waals surface area contributed by atoms with E-state index in [2.05, 4.69) is 10.0 Å². The number of aromatic carboxylic acids is 1. The van der Waals surface area contributed by atoms with Gasteiger partial charge in [-0.2, -0.15) is 0 Å². The fourth-order valence-corrected chi connectivity index (χ4v) is 2.55. The van der Waals surface area contributed by atoms with E-state index in [1.54, 1.807) is 0 Å². The van der Waals surface area contributed by atoms with Gasteiger partial charge >= 0.3 is 5.97 Å². The Morgan fingerprint density at radius 1 is 1.43 bits per heavy atom. The maximum atomic E-state index is 12.2. The van der Waals surface area contributed by atoms with Gasteiger partial charge in [0.2, 0.25) is 5.91 Å². The largest absolute Gasteiger partial charge is 0.493 e. The molecule has 2 rings (SSSR count). The van der Waals surface area contributed by atoms with E-state index in [0.29, 0.717) is 5.75 Å². The van der Waals surface area contributed by atoms with Crippen molar-refractivity contribution in [2.75, 3.05) is 32.2 Å². The van der Waals surface area contributed by atoms with Crippen LogP contribution in [-0.2, 0) is 4.79 Å². The molecule has 1 amide bonds. The molecule has 1 N–H and O–H groups in total. The Hall–Kier alpha value is -2.93. The quantitative estimate of drug-likeness (QED) is 0.488. The third-order valence-corrected chi connectivity index (χ3v) is 3.63. The van der Waals surface area contributed by atoms with E-state index in [1.807, 2.05) is 0 Å². The van der Waals surface area contributed by atoms with E-state index >= 15 is 0 Å². The molecule has 1 aromatic carbocycles. The summed E-state index contributed by atoms with van der Waals surface area (Å²) in [5.41, 5.74) is 8.55. The molecule has 122 valence electrons. The molecule has 0 radical (unpaired) electrons. The normalized spacial score (nSPS) is 16.9. The molecule has 1 fully saturated rings. The summed E-state index contributed by atoms with van der Waals surface area (Å²) in [6.07, 6.45) is 0.201. The van der Waals surface area contributed by atoms with Gasteiger partial charge in [-0.15, -0.1) is 0 Å². The highest BCUT2D eigenvalue weighted by Gasteiger charge is 2.33. The maximum absolute atomic E-state index is 12.2. The number of carboxylic acids is 1. The smallest absolute Gasteiger partial charge is 0.337 e. The molecule has 0 spiro atoms. The Labute approximate surface area is 132 Å². The summed E-state index contributed by atoms with van der Waals surface area (Å²) in [5.74, 6) is -0.942. The van der Waals surface area contributed by atoms with E-state index in [0.717, 1.165) is 0 Å². The number of carboxylic acid groups (broad SMARTS) is 1. The lowest BCUT2D eigenvalue weighted by molar-refractivity contribution is -0.117. The van der Waals surface area contributed by atoms with Gasteiger partial charge in [-0.25, -0.2) is 4.79 Å². The molecule has 1 aliphatic rings. The Morgan fingerprint density at radius 3 is 2.65 bits per heavy atom. The molecule has 1 atom stereocenters. The highest BCUT2D eigenvalue weighted by atomic mass is 16.5. The van der Waals surface area contributed by atoms with Gasteiger partial charge in [0, 0.05) is 36.6 Å². The SMILES string of the molecule is COc1cc(C(=O)O)c(N2CC(CN=[N+]=[N-])CC2=O)cc1OC. The second kappa shape index (κ2) is 6.89. The lowest BCUT2D eigenvalue weighted by Gasteiger charge is -2.21. The van der Waals surface area contributed by atoms with Crippen molar-refractivity contribution in [1.82, 2.24) is 0 Å². The minimum absolute atomic E-state index is 0.0552. The van der Waals surface area contributed by atoms with Gasteiger partial charge in [0.1, 0.15) is 0 Å². The van der Waals surface area contributed by atoms with E-state index < -0.39 is 5.97 Å². The van der Waals surface area contributed by atoms with Gasteiger partial charge in [-0.3, -0.25) is 4.79 Å². The number of carbonyl (C=O) groups excluding carboxylic acids is 1. The summed E-state index contributed by atoms with van der Waals surface area (Å²) in [7, 11) is 2.83. The average molecular weight is 320 g/mol. The van der Waals surface area contributed by atoms with E-state index in [4.69, 9.17) is 15.0 Å². The summed E-state index contributed by atoms with van der Waals surface area (Å²) in [5, 5.41) is 12.9. The second-order valence-electron chi connectivity index (χ2n) is 5.02. The van der Waals surface area contributed by atoms with Crippen molar-refractivity contribution in [3.8, 4) is 11.5 Å². The molecule has 0 aliphatic carbocycles. The summed E-state index contributed by atoms with van der Waals surface area (Å²) < 4.78 is 10.3. The number of methoxy groups -OCH3 is 2. The molecule has 0 saturated carbocycles. The monoisotopic (exact) mass is 320 g/mol. The number of rotatable bonds is 6. The number of amides is 1. The third-order valence-electron chi connectivity index (χ3n) is 3.63. The summed E-state index contributed by atoms with van der Waals surface area (Å²) in [4.78, 5) is 27.8. The van der Waals surface area contributed by atoms with Crippen molar-refractivity contribution in [3.05, 3.63) is 28.1 Å². The zero-order valence-electron chi connectivity index (χ0n) is 12.7. The zero-order valence-corrected chi connectivity index (χ0v) is 12.7. The number of hydrogen-bond acceptors (Lipinski definition) is 5. The van der Waals surface area contributed by atoms with Gasteiger partial charge in [0.15, 0.2) is 11.5 Å². The number of benzene rings is 1.